The molecular weight excluding hydrogens is 450 g/mol. The normalized spacial score (nSPS) is 11.1. The quantitative estimate of drug-likeness (QED) is 0.339. The van der Waals surface area contributed by atoms with Crippen molar-refractivity contribution in [1.82, 2.24) is 24.5 Å². The fourth-order valence-corrected chi connectivity index (χ4v) is 4.37. The van der Waals surface area contributed by atoms with E-state index < -0.39 is 0 Å². The maximum absolute atomic E-state index is 13.1. The minimum absolute atomic E-state index is 0.189. The van der Waals surface area contributed by atoms with Crippen LogP contribution in [0.25, 0.3) is 5.65 Å². The van der Waals surface area contributed by atoms with Gasteiger partial charge in [-0.3, -0.25) is 9.48 Å². The van der Waals surface area contributed by atoms with Crippen LogP contribution in [0.1, 0.15) is 44.1 Å². The number of carbonyl (C=O) groups is 1. The summed E-state index contributed by atoms with van der Waals surface area (Å²) in [4.78, 5) is 17.8. The summed E-state index contributed by atoms with van der Waals surface area (Å²) in [6.07, 6.45) is 3.91. The average molecular weight is 480 g/mol. The number of carbonyl (C=O) groups excluding carboxylic acids is 1. The minimum atomic E-state index is -0.189. The van der Waals surface area contributed by atoms with Gasteiger partial charge in [0.2, 0.25) is 0 Å². The molecular formula is C29H29N5O2. The van der Waals surface area contributed by atoms with Crippen molar-refractivity contribution in [1.29, 1.82) is 0 Å². The fraction of sp³-hybridized carbons (Fsp3) is 0.207. The summed E-state index contributed by atoms with van der Waals surface area (Å²) in [5.41, 5.74) is 7.46. The summed E-state index contributed by atoms with van der Waals surface area (Å²) in [6.45, 7) is 7.41. The number of fused-ring (bicyclic) bond motifs is 1. The van der Waals surface area contributed by atoms with Crippen molar-refractivity contribution in [3.05, 3.63) is 118 Å². The van der Waals surface area contributed by atoms with E-state index in [0.717, 1.165) is 33.9 Å². The van der Waals surface area contributed by atoms with Crippen LogP contribution in [0.3, 0.4) is 0 Å². The molecule has 5 aromatic rings. The molecule has 0 saturated carbocycles. The van der Waals surface area contributed by atoms with Crippen LogP contribution < -0.4 is 10.1 Å². The first-order valence-electron chi connectivity index (χ1n) is 12.0. The number of aryl methyl sites for hydroxylation is 2. The number of rotatable bonds is 8. The number of pyridine rings is 1. The van der Waals surface area contributed by atoms with Crippen molar-refractivity contribution in [2.24, 2.45) is 0 Å². The number of para-hydroxylation sites is 1. The van der Waals surface area contributed by atoms with E-state index in [9.17, 15) is 4.79 Å². The fourth-order valence-electron chi connectivity index (χ4n) is 4.37. The number of aromatic nitrogens is 4. The smallest absolute Gasteiger partial charge is 0.255 e. The molecule has 0 aliphatic carbocycles. The zero-order valence-corrected chi connectivity index (χ0v) is 20.7. The Hall–Kier alpha value is -4.39. The van der Waals surface area contributed by atoms with E-state index in [1.807, 2.05) is 90.8 Å². The third kappa shape index (κ3) is 4.86. The molecule has 7 nitrogen and oxygen atoms in total. The molecule has 3 aromatic heterocycles. The molecule has 0 radical (unpaired) electrons. The van der Waals surface area contributed by atoms with Crippen LogP contribution in [0, 0.1) is 20.8 Å². The number of nitrogens with zero attached hydrogens (tertiary/aromatic N) is 4. The van der Waals surface area contributed by atoms with Crippen molar-refractivity contribution >= 4 is 11.6 Å². The Bertz CT molecular complexity index is 1520. The van der Waals surface area contributed by atoms with E-state index in [-0.39, 0.29) is 12.5 Å². The number of ether oxygens (including phenoxy) is 1. The van der Waals surface area contributed by atoms with Gasteiger partial charge in [0.25, 0.3) is 5.91 Å². The summed E-state index contributed by atoms with van der Waals surface area (Å²) in [5, 5.41) is 7.74. The predicted molar refractivity (Wildman–Crippen MR) is 139 cm³/mol. The molecule has 1 amide bonds. The Kier molecular flexibility index (Phi) is 6.54. The van der Waals surface area contributed by atoms with Crippen LogP contribution in [0.5, 0.6) is 5.75 Å². The average Bonchev–Trinajstić information content (AvgIpc) is 3.43. The molecule has 0 bridgehead atoms. The maximum Gasteiger partial charge on any atom is 0.255 e. The Balaban J connectivity index is 1.26. The van der Waals surface area contributed by atoms with Crippen LogP contribution in [-0.2, 0) is 19.7 Å². The number of hydrogen-bond donors (Lipinski definition) is 1. The van der Waals surface area contributed by atoms with Gasteiger partial charge < -0.3 is 14.5 Å². The first-order valence-corrected chi connectivity index (χ1v) is 12.0. The summed E-state index contributed by atoms with van der Waals surface area (Å²) in [5.74, 6) is 0.336. The first-order chi connectivity index (χ1) is 17.5. The highest BCUT2D eigenvalue weighted by Crippen LogP contribution is 2.21. The van der Waals surface area contributed by atoms with Gasteiger partial charge in [0.1, 0.15) is 18.0 Å². The summed E-state index contributed by atoms with van der Waals surface area (Å²) >= 11 is 0. The van der Waals surface area contributed by atoms with Gasteiger partial charge >= 0.3 is 0 Å². The topological polar surface area (TPSA) is 73.5 Å². The van der Waals surface area contributed by atoms with E-state index >= 15 is 0 Å². The molecule has 36 heavy (non-hydrogen) atoms. The van der Waals surface area contributed by atoms with Gasteiger partial charge in [0, 0.05) is 30.2 Å². The van der Waals surface area contributed by atoms with E-state index in [2.05, 4.69) is 22.4 Å². The standard InChI is InChI=1S/C29H29N5O2/c1-20-10-9-15-33-18-24(31-28(20)33)19-36-27-14-8-7-13-25(27)29(35)30-16-26-21(2)32-34(22(26)3)17-23-11-5-4-6-12-23/h4-15,18H,16-17,19H2,1-3H3,(H,30,35). The molecule has 0 unspecified atom stereocenters. The SMILES string of the molecule is Cc1nn(Cc2ccccc2)c(C)c1CNC(=O)c1ccccc1OCc1cn2cccc(C)c2n1. The van der Waals surface area contributed by atoms with Gasteiger partial charge in [-0.05, 0) is 50.1 Å². The lowest BCUT2D eigenvalue weighted by molar-refractivity contribution is 0.0946. The molecule has 1 N–H and O–H groups in total. The first kappa shape index (κ1) is 23.4. The van der Waals surface area contributed by atoms with Crippen molar-refractivity contribution in [2.45, 2.75) is 40.5 Å². The molecule has 5 rings (SSSR count). The van der Waals surface area contributed by atoms with Crippen LogP contribution in [-0.4, -0.2) is 25.1 Å². The van der Waals surface area contributed by atoms with Gasteiger partial charge in [-0.15, -0.1) is 0 Å². The summed E-state index contributed by atoms with van der Waals surface area (Å²) in [7, 11) is 0. The third-order valence-corrected chi connectivity index (χ3v) is 6.37. The molecule has 0 atom stereocenters. The molecule has 7 heteroatoms. The lowest BCUT2D eigenvalue weighted by atomic mass is 10.1. The minimum Gasteiger partial charge on any atom is -0.486 e. The van der Waals surface area contributed by atoms with Gasteiger partial charge in [0.15, 0.2) is 0 Å². The van der Waals surface area contributed by atoms with Crippen LogP contribution in [0.15, 0.2) is 79.1 Å². The second-order valence-electron chi connectivity index (χ2n) is 8.91. The van der Waals surface area contributed by atoms with E-state index in [1.165, 1.54) is 5.56 Å². The number of amides is 1. The highest BCUT2D eigenvalue weighted by Gasteiger charge is 2.16. The van der Waals surface area contributed by atoms with Gasteiger partial charge in [0.05, 0.1) is 23.5 Å². The number of hydrogen-bond acceptors (Lipinski definition) is 4. The van der Waals surface area contributed by atoms with Crippen LogP contribution in [0.2, 0.25) is 0 Å². The van der Waals surface area contributed by atoms with Crippen molar-refractivity contribution in [3.63, 3.8) is 0 Å². The van der Waals surface area contributed by atoms with Gasteiger partial charge in [-0.1, -0.05) is 48.5 Å². The third-order valence-electron chi connectivity index (χ3n) is 6.37. The molecule has 0 spiro atoms. The molecule has 2 aromatic carbocycles. The Morgan fingerprint density at radius 3 is 2.56 bits per heavy atom. The largest absolute Gasteiger partial charge is 0.486 e. The molecule has 0 fully saturated rings. The Morgan fingerprint density at radius 2 is 1.75 bits per heavy atom. The Labute approximate surface area is 210 Å². The van der Waals surface area contributed by atoms with E-state index in [0.29, 0.717) is 24.4 Å². The van der Waals surface area contributed by atoms with Gasteiger partial charge in [-0.25, -0.2) is 4.98 Å². The second kappa shape index (κ2) is 10.1. The number of nitrogens with one attached hydrogen (secondary N) is 1. The lowest BCUT2D eigenvalue weighted by Gasteiger charge is -2.11. The Morgan fingerprint density at radius 1 is 0.972 bits per heavy atom. The summed E-state index contributed by atoms with van der Waals surface area (Å²) < 4.78 is 10.00. The van der Waals surface area contributed by atoms with Crippen LogP contribution >= 0.6 is 0 Å². The van der Waals surface area contributed by atoms with E-state index in [4.69, 9.17) is 9.84 Å². The molecule has 0 saturated heterocycles. The van der Waals surface area contributed by atoms with Crippen molar-refractivity contribution in [3.8, 4) is 5.75 Å². The highest BCUT2D eigenvalue weighted by molar-refractivity contribution is 5.96. The number of imidazole rings is 1. The highest BCUT2D eigenvalue weighted by atomic mass is 16.5. The molecule has 0 aliphatic rings. The van der Waals surface area contributed by atoms with Gasteiger partial charge in [-0.2, -0.15) is 5.10 Å². The van der Waals surface area contributed by atoms with E-state index in [1.54, 1.807) is 6.07 Å². The predicted octanol–water partition coefficient (Wildman–Crippen LogP) is 5.01. The molecule has 0 aliphatic heterocycles. The zero-order valence-electron chi connectivity index (χ0n) is 20.7. The maximum atomic E-state index is 13.1. The molecule has 182 valence electrons. The zero-order chi connectivity index (χ0) is 25.1. The van der Waals surface area contributed by atoms with Crippen molar-refractivity contribution in [2.75, 3.05) is 0 Å². The number of benzene rings is 2. The summed E-state index contributed by atoms with van der Waals surface area (Å²) in [6, 6.07) is 21.5. The lowest BCUT2D eigenvalue weighted by Crippen LogP contribution is -2.24. The molecule has 3 heterocycles. The second-order valence-corrected chi connectivity index (χ2v) is 8.91. The van der Waals surface area contributed by atoms with Crippen LogP contribution in [0.4, 0.5) is 0 Å². The van der Waals surface area contributed by atoms with Crippen molar-refractivity contribution < 1.29 is 9.53 Å². The monoisotopic (exact) mass is 479 g/mol.